The predicted molar refractivity (Wildman–Crippen MR) is 127 cm³/mol. The van der Waals surface area contributed by atoms with Gasteiger partial charge in [0.05, 0.1) is 31.1 Å². The second-order valence-corrected chi connectivity index (χ2v) is 7.87. The summed E-state index contributed by atoms with van der Waals surface area (Å²) in [6, 6.07) is 17.9. The van der Waals surface area contributed by atoms with E-state index in [9.17, 15) is 14.4 Å². The van der Waals surface area contributed by atoms with E-state index in [-0.39, 0.29) is 29.9 Å². The van der Waals surface area contributed by atoms with Gasteiger partial charge in [-0.2, -0.15) is 5.10 Å². The highest BCUT2D eigenvalue weighted by Crippen LogP contribution is 2.12. The first kappa shape index (κ1) is 21.3. The van der Waals surface area contributed by atoms with Gasteiger partial charge < -0.3 is 9.73 Å². The standard InChI is InChI=1S/C25H21N5O4/c31-21-12-18(34-22-9-5-4-8-19(21)22)13-23(32)26-10-11-30-24-20(14-28-30)25(33)29(16-27-24)15-17-6-2-1-3-7-17/h1-9,12,14,16H,10-11,13,15H2,(H,26,32). The molecule has 0 saturated carbocycles. The molecular formula is C25H21N5O4. The van der Waals surface area contributed by atoms with Gasteiger partial charge in [0.15, 0.2) is 11.1 Å². The molecule has 34 heavy (non-hydrogen) atoms. The number of rotatable bonds is 7. The summed E-state index contributed by atoms with van der Waals surface area (Å²) in [4.78, 5) is 41.8. The molecule has 5 rings (SSSR count). The van der Waals surface area contributed by atoms with Crippen molar-refractivity contribution >= 4 is 27.9 Å². The molecule has 0 aliphatic heterocycles. The minimum atomic E-state index is -0.284. The molecule has 3 aromatic heterocycles. The zero-order chi connectivity index (χ0) is 23.5. The fourth-order valence-electron chi connectivity index (χ4n) is 3.82. The van der Waals surface area contributed by atoms with Crippen LogP contribution in [0.4, 0.5) is 0 Å². The lowest BCUT2D eigenvalue weighted by Crippen LogP contribution is -2.29. The van der Waals surface area contributed by atoms with Crippen molar-refractivity contribution in [1.29, 1.82) is 0 Å². The molecular weight excluding hydrogens is 434 g/mol. The van der Waals surface area contributed by atoms with Crippen molar-refractivity contribution in [3.8, 4) is 0 Å². The van der Waals surface area contributed by atoms with E-state index >= 15 is 0 Å². The van der Waals surface area contributed by atoms with Gasteiger partial charge in [-0.3, -0.25) is 19.0 Å². The number of benzene rings is 2. The lowest BCUT2D eigenvalue weighted by molar-refractivity contribution is -0.120. The molecule has 0 fully saturated rings. The van der Waals surface area contributed by atoms with Crippen LogP contribution in [0, 0.1) is 0 Å². The molecule has 9 nitrogen and oxygen atoms in total. The maximum absolute atomic E-state index is 12.8. The van der Waals surface area contributed by atoms with Crippen LogP contribution in [-0.4, -0.2) is 31.8 Å². The number of amides is 1. The van der Waals surface area contributed by atoms with Gasteiger partial charge in [0.2, 0.25) is 5.91 Å². The number of nitrogens with one attached hydrogen (secondary N) is 1. The van der Waals surface area contributed by atoms with E-state index in [2.05, 4.69) is 15.4 Å². The second-order valence-electron chi connectivity index (χ2n) is 7.87. The van der Waals surface area contributed by atoms with Crippen LogP contribution >= 0.6 is 0 Å². The first-order chi connectivity index (χ1) is 16.6. The maximum Gasteiger partial charge on any atom is 0.264 e. The monoisotopic (exact) mass is 455 g/mol. The van der Waals surface area contributed by atoms with Crippen molar-refractivity contribution in [1.82, 2.24) is 24.6 Å². The van der Waals surface area contributed by atoms with Crippen LogP contribution in [0.5, 0.6) is 0 Å². The summed E-state index contributed by atoms with van der Waals surface area (Å²) >= 11 is 0. The first-order valence-electron chi connectivity index (χ1n) is 10.8. The van der Waals surface area contributed by atoms with Crippen LogP contribution in [0.2, 0.25) is 0 Å². The molecule has 0 aliphatic rings. The Morgan fingerprint density at radius 2 is 1.79 bits per heavy atom. The van der Waals surface area contributed by atoms with E-state index < -0.39 is 0 Å². The Hall–Kier alpha value is -4.53. The van der Waals surface area contributed by atoms with Gasteiger partial charge in [0.1, 0.15) is 23.1 Å². The minimum Gasteiger partial charge on any atom is -0.460 e. The van der Waals surface area contributed by atoms with Gasteiger partial charge in [-0.25, -0.2) is 9.67 Å². The number of nitrogens with zero attached hydrogens (tertiary/aromatic N) is 4. The summed E-state index contributed by atoms with van der Waals surface area (Å²) < 4.78 is 8.79. The van der Waals surface area contributed by atoms with Crippen molar-refractivity contribution in [3.63, 3.8) is 0 Å². The topological polar surface area (TPSA) is 112 Å². The number of aromatic nitrogens is 4. The van der Waals surface area contributed by atoms with E-state index in [4.69, 9.17) is 4.42 Å². The number of hydrogen-bond acceptors (Lipinski definition) is 6. The zero-order valence-corrected chi connectivity index (χ0v) is 18.2. The predicted octanol–water partition coefficient (Wildman–Crippen LogP) is 2.11. The Balaban J connectivity index is 1.23. The average molecular weight is 455 g/mol. The van der Waals surface area contributed by atoms with Crippen molar-refractivity contribution in [2.24, 2.45) is 0 Å². The lowest BCUT2D eigenvalue weighted by Gasteiger charge is -2.08. The normalized spacial score (nSPS) is 11.2. The molecule has 0 unspecified atom stereocenters. The van der Waals surface area contributed by atoms with E-state index in [0.717, 1.165) is 5.56 Å². The van der Waals surface area contributed by atoms with Gasteiger partial charge in [-0.1, -0.05) is 42.5 Å². The third kappa shape index (κ3) is 4.36. The van der Waals surface area contributed by atoms with Crippen molar-refractivity contribution in [2.45, 2.75) is 19.5 Å². The third-order valence-electron chi connectivity index (χ3n) is 5.48. The summed E-state index contributed by atoms with van der Waals surface area (Å²) in [5, 5.41) is 7.95. The molecule has 1 N–H and O–H groups in total. The summed E-state index contributed by atoms with van der Waals surface area (Å²) in [6.07, 6.45) is 2.95. The van der Waals surface area contributed by atoms with Crippen LogP contribution in [0.15, 0.2) is 87.2 Å². The van der Waals surface area contributed by atoms with Crippen LogP contribution in [-0.2, 0) is 24.3 Å². The summed E-state index contributed by atoms with van der Waals surface area (Å²) in [5.74, 6) is 0.0134. The van der Waals surface area contributed by atoms with Crippen LogP contribution < -0.4 is 16.3 Å². The van der Waals surface area contributed by atoms with E-state index in [1.54, 1.807) is 33.5 Å². The van der Waals surface area contributed by atoms with Crippen LogP contribution in [0.1, 0.15) is 11.3 Å². The highest BCUT2D eigenvalue weighted by molar-refractivity contribution is 5.80. The van der Waals surface area contributed by atoms with Gasteiger partial charge in [-0.15, -0.1) is 0 Å². The van der Waals surface area contributed by atoms with Crippen molar-refractivity contribution in [2.75, 3.05) is 6.54 Å². The Kier molecular flexibility index (Phi) is 5.73. The number of fused-ring (bicyclic) bond motifs is 2. The Labute approximate surface area is 193 Å². The molecule has 2 aromatic carbocycles. The van der Waals surface area contributed by atoms with Crippen molar-refractivity contribution < 1.29 is 9.21 Å². The molecule has 1 amide bonds. The molecule has 0 spiro atoms. The van der Waals surface area contributed by atoms with Gasteiger partial charge >= 0.3 is 0 Å². The van der Waals surface area contributed by atoms with Gasteiger partial charge in [0, 0.05) is 12.6 Å². The molecule has 0 atom stereocenters. The largest absolute Gasteiger partial charge is 0.460 e. The maximum atomic E-state index is 12.8. The number of para-hydroxylation sites is 1. The van der Waals surface area contributed by atoms with E-state index in [1.807, 2.05) is 30.3 Å². The van der Waals surface area contributed by atoms with Crippen LogP contribution in [0.3, 0.4) is 0 Å². The Morgan fingerprint density at radius 3 is 2.65 bits per heavy atom. The summed E-state index contributed by atoms with van der Waals surface area (Å²) in [6.45, 7) is 1.04. The highest BCUT2D eigenvalue weighted by Gasteiger charge is 2.12. The summed E-state index contributed by atoms with van der Waals surface area (Å²) in [7, 11) is 0. The molecule has 9 heteroatoms. The lowest BCUT2D eigenvalue weighted by atomic mass is 10.2. The number of carbonyl (C=O) groups is 1. The third-order valence-corrected chi connectivity index (χ3v) is 5.48. The van der Waals surface area contributed by atoms with Crippen molar-refractivity contribution in [3.05, 3.63) is 105 Å². The first-order valence-corrected chi connectivity index (χ1v) is 10.8. The Bertz CT molecular complexity index is 1600. The highest BCUT2D eigenvalue weighted by atomic mass is 16.3. The number of carbonyl (C=O) groups excluding carboxylic acids is 1. The second kappa shape index (κ2) is 9.14. The van der Waals surface area contributed by atoms with Crippen LogP contribution in [0.25, 0.3) is 22.0 Å². The molecule has 0 radical (unpaired) electrons. The molecule has 5 aromatic rings. The molecule has 0 saturated heterocycles. The molecule has 0 aliphatic carbocycles. The quantitative estimate of drug-likeness (QED) is 0.402. The average Bonchev–Trinajstić information content (AvgIpc) is 3.25. The SMILES string of the molecule is O=C(Cc1cc(=O)c2ccccc2o1)NCCn1ncc2c(=O)n(Cc3ccccc3)cnc21. The fraction of sp³-hybridized carbons (Fsp3) is 0.160. The zero-order valence-electron chi connectivity index (χ0n) is 18.2. The Morgan fingerprint density at radius 1 is 1.00 bits per heavy atom. The summed E-state index contributed by atoms with van der Waals surface area (Å²) in [5.41, 5.74) is 1.56. The van der Waals surface area contributed by atoms with E-state index in [1.165, 1.54) is 18.6 Å². The smallest absolute Gasteiger partial charge is 0.264 e. The molecule has 0 bridgehead atoms. The van der Waals surface area contributed by atoms with Gasteiger partial charge in [-0.05, 0) is 17.7 Å². The van der Waals surface area contributed by atoms with Gasteiger partial charge in [0.25, 0.3) is 5.56 Å². The number of hydrogen-bond donors (Lipinski definition) is 1. The molecule has 3 heterocycles. The minimum absolute atomic E-state index is 0.0532. The molecule has 170 valence electrons. The fourth-order valence-corrected chi connectivity index (χ4v) is 3.82. The van der Waals surface area contributed by atoms with E-state index in [0.29, 0.717) is 40.9 Å².